The van der Waals surface area contributed by atoms with E-state index < -0.39 is 0 Å². The quantitative estimate of drug-likeness (QED) is 0.865. The number of ether oxygens (including phenoxy) is 2. The van der Waals surface area contributed by atoms with Crippen molar-refractivity contribution in [3.63, 3.8) is 0 Å². The first-order valence-electron chi connectivity index (χ1n) is 7.60. The van der Waals surface area contributed by atoms with Crippen molar-refractivity contribution in [2.45, 2.75) is 13.0 Å². The number of aliphatic imine (C=N–C) groups is 1. The van der Waals surface area contributed by atoms with E-state index in [-0.39, 0.29) is 0 Å². The Morgan fingerprint density at radius 1 is 1.13 bits per heavy atom. The van der Waals surface area contributed by atoms with E-state index in [0.717, 1.165) is 52.4 Å². The fourth-order valence-corrected chi connectivity index (χ4v) is 2.67. The van der Waals surface area contributed by atoms with Crippen LogP contribution in [0, 0.1) is 0 Å². The van der Waals surface area contributed by atoms with Crippen LogP contribution in [-0.4, -0.2) is 26.0 Å². The predicted molar refractivity (Wildman–Crippen MR) is 95.5 cm³/mol. The Hall–Kier alpha value is -2.01. The molecule has 120 valence electrons. The van der Waals surface area contributed by atoms with E-state index in [1.807, 2.05) is 42.5 Å². The van der Waals surface area contributed by atoms with Gasteiger partial charge in [-0.2, -0.15) is 0 Å². The Bertz CT molecular complexity index is 699. The second-order valence-corrected chi connectivity index (χ2v) is 6.21. The normalized spacial score (nSPS) is 13.9. The Kier molecular flexibility index (Phi) is 5.18. The van der Waals surface area contributed by atoms with Crippen LogP contribution in [0.1, 0.15) is 17.5 Å². The van der Waals surface area contributed by atoms with Crippen LogP contribution >= 0.6 is 15.9 Å². The summed E-state index contributed by atoms with van der Waals surface area (Å²) in [5.41, 5.74) is 2.13. The van der Waals surface area contributed by atoms with E-state index in [4.69, 9.17) is 9.47 Å². The second-order valence-electron chi connectivity index (χ2n) is 5.29. The van der Waals surface area contributed by atoms with Gasteiger partial charge in [0.1, 0.15) is 12.4 Å². The summed E-state index contributed by atoms with van der Waals surface area (Å²) in [7, 11) is 1.65. The van der Waals surface area contributed by atoms with E-state index in [9.17, 15) is 0 Å². The first kappa shape index (κ1) is 15.9. The molecule has 0 radical (unpaired) electrons. The maximum Gasteiger partial charge on any atom is 0.161 e. The molecule has 0 saturated carbocycles. The number of nitrogens with zero attached hydrogens (tertiary/aromatic N) is 1. The molecule has 0 spiro atoms. The molecule has 5 heteroatoms. The third-order valence-corrected chi connectivity index (χ3v) is 4.17. The Morgan fingerprint density at radius 2 is 1.96 bits per heavy atom. The van der Waals surface area contributed by atoms with Gasteiger partial charge in [-0.05, 0) is 42.3 Å². The fraction of sp³-hybridized carbons (Fsp3) is 0.278. The lowest BCUT2D eigenvalue weighted by Gasteiger charge is -2.17. The van der Waals surface area contributed by atoms with Crippen molar-refractivity contribution in [3.8, 4) is 11.5 Å². The van der Waals surface area contributed by atoms with Crippen molar-refractivity contribution in [2.24, 2.45) is 4.99 Å². The van der Waals surface area contributed by atoms with E-state index in [0.29, 0.717) is 6.61 Å². The molecular weight excluding hydrogens is 356 g/mol. The van der Waals surface area contributed by atoms with Gasteiger partial charge in [0.15, 0.2) is 11.5 Å². The highest BCUT2D eigenvalue weighted by atomic mass is 79.9. The molecule has 23 heavy (non-hydrogen) atoms. The average Bonchev–Trinajstić information content (AvgIpc) is 2.62. The van der Waals surface area contributed by atoms with Gasteiger partial charge in [0.2, 0.25) is 0 Å². The van der Waals surface area contributed by atoms with E-state index in [2.05, 4.69) is 26.2 Å². The summed E-state index contributed by atoms with van der Waals surface area (Å²) in [5.74, 6) is 2.37. The number of hydrogen-bond donors (Lipinski definition) is 1. The number of halogens is 1. The number of rotatable bonds is 5. The smallest absolute Gasteiger partial charge is 0.161 e. The largest absolute Gasteiger partial charge is 0.493 e. The van der Waals surface area contributed by atoms with Crippen molar-refractivity contribution in [2.75, 3.05) is 20.2 Å². The zero-order valence-corrected chi connectivity index (χ0v) is 14.6. The number of amidine groups is 1. The maximum absolute atomic E-state index is 5.90. The summed E-state index contributed by atoms with van der Waals surface area (Å²) in [4.78, 5) is 4.51. The minimum atomic E-state index is 0.502. The zero-order valence-electron chi connectivity index (χ0n) is 13.0. The lowest BCUT2D eigenvalue weighted by atomic mass is 10.1. The van der Waals surface area contributed by atoms with Gasteiger partial charge in [-0.15, -0.1) is 0 Å². The van der Waals surface area contributed by atoms with Crippen molar-refractivity contribution in [1.29, 1.82) is 0 Å². The molecule has 1 heterocycles. The molecule has 0 aliphatic carbocycles. The highest BCUT2D eigenvalue weighted by Gasteiger charge is 2.11. The standard InChI is InChI=1S/C18H19BrN2O2/c1-22-17-11-14(18-20-9-2-10-21-18)5-8-16(17)23-12-13-3-6-15(19)7-4-13/h3-8,11H,2,9-10,12H2,1H3,(H,20,21). The third kappa shape index (κ3) is 4.05. The molecule has 3 rings (SSSR count). The first-order valence-corrected chi connectivity index (χ1v) is 8.39. The molecule has 1 N–H and O–H groups in total. The van der Waals surface area contributed by atoms with E-state index in [1.54, 1.807) is 7.11 Å². The molecule has 0 unspecified atom stereocenters. The molecule has 2 aromatic carbocycles. The minimum Gasteiger partial charge on any atom is -0.493 e. The highest BCUT2D eigenvalue weighted by Crippen LogP contribution is 2.29. The fourth-order valence-electron chi connectivity index (χ4n) is 2.40. The van der Waals surface area contributed by atoms with Crippen molar-refractivity contribution in [3.05, 3.63) is 58.1 Å². The van der Waals surface area contributed by atoms with Crippen molar-refractivity contribution >= 4 is 21.8 Å². The SMILES string of the molecule is COc1cc(C2=NCCCN2)ccc1OCc1ccc(Br)cc1. The molecule has 0 fully saturated rings. The number of methoxy groups -OCH3 is 1. The first-order chi connectivity index (χ1) is 11.3. The predicted octanol–water partition coefficient (Wildman–Crippen LogP) is 3.78. The molecule has 0 atom stereocenters. The Morgan fingerprint density at radius 3 is 2.65 bits per heavy atom. The number of nitrogens with one attached hydrogen (secondary N) is 1. The summed E-state index contributed by atoms with van der Waals surface area (Å²) in [6, 6.07) is 14.0. The van der Waals surface area contributed by atoms with Gasteiger partial charge in [-0.25, -0.2) is 0 Å². The van der Waals surface area contributed by atoms with Crippen molar-refractivity contribution in [1.82, 2.24) is 5.32 Å². The summed E-state index contributed by atoms with van der Waals surface area (Å²) >= 11 is 3.43. The van der Waals surface area contributed by atoms with Crippen LogP contribution in [0.4, 0.5) is 0 Å². The van der Waals surface area contributed by atoms with Crippen LogP contribution in [0.3, 0.4) is 0 Å². The monoisotopic (exact) mass is 374 g/mol. The Labute approximate surface area is 144 Å². The van der Waals surface area contributed by atoms with Crippen LogP contribution in [0.2, 0.25) is 0 Å². The zero-order chi connectivity index (χ0) is 16.1. The van der Waals surface area contributed by atoms with Gasteiger partial charge in [0, 0.05) is 23.1 Å². The summed E-state index contributed by atoms with van der Waals surface area (Å²) < 4.78 is 12.4. The lowest BCUT2D eigenvalue weighted by molar-refractivity contribution is 0.284. The molecular formula is C18H19BrN2O2. The van der Waals surface area contributed by atoms with Crippen LogP contribution in [0.5, 0.6) is 11.5 Å². The molecule has 1 aliphatic rings. The van der Waals surface area contributed by atoms with Gasteiger partial charge in [-0.3, -0.25) is 4.99 Å². The van der Waals surface area contributed by atoms with Gasteiger partial charge in [0.25, 0.3) is 0 Å². The maximum atomic E-state index is 5.90. The molecule has 0 amide bonds. The van der Waals surface area contributed by atoms with Crippen molar-refractivity contribution < 1.29 is 9.47 Å². The van der Waals surface area contributed by atoms with Gasteiger partial charge >= 0.3 is 0 Å². The minimum absolute atomic E-state index is 0.502. The second kappa shape index (κ2) is 7.51. The Balaban J connectivity index is 1.74. The van der Waals surface area contributed by atoms with E-state index >= 15 is 0 Å². The summed E-state index contributed by atoms with van der Waals surface area (Å²) in [5, 5.41) is 3.32. The number of hydrogen-bond acceptors (Lipinski definition) is 4. The van der Waals surface area contributed by atoms with Crippen LogP contribution in [-0.2, 0) is 6.61 Å². The molecule has 0 bridgehead atoms. The van der Waals surface area contributed by atoms with Gasteiger partial charge in [0.05, 0.1) is 7.11 Å². The lowest BCUT2D eigenvalue weighted by Crippen LogP contribution is -2.30. The van der Waals surface area contributed by atoms with Gasteiger partial charge in [-0.1, -0.05) is 28.1 Å². The molecule has 0 saturated heterocycles. The molecule has 4 nitrogen and oxygen atoms in total. The average molecular weight is 375 g/mol. The van der Waals surface area contributed by atoms with Gasteiger partial charge < -0.3 is 14.8 Å². The van der Waals surface area contributed by atoms with Crippen LogP contribution in [0.25, 0.3) is 0 Å². The topological polar surface area (TPSA) is 42.8 Å². The van der Waals surface area contributed by atoms with Crippen LogP contribution < -0.4 is 14.8 Å². The number of benzene rings is 2. The summed E-state index contributed by atoms with van der Waals surface area (Å²) in [6.45, 7) is 2.33. The summed E-state index contributed by atoms with van der Waals surface area (Å²) in [6.07, 6.45) is 1.08. The van der Waals surface area contributed by atoms with Crippen LogP contribution in [0.15, 0.2) is 51.9 Å². The molecule has 1 aliphatic heterocycles. The third-order valence-electron chi connectivity index (χ3n) is 3.64. The molecule has 2 aromatic rings. The molecule has 0 aromatic heterocycles. The van der Waals surface area contributed by atoms with E-state index in [1.165, 1.54) is 0 Å². The highest BCUT2D eigenvalue weighted by molar-refractivity contribution is 9.10.